The largest absolute Gasteiger partial charge is 0.398 e. The van der Waals surface area contributed by atoms with Crippen LogP contribution in [0.5, 0.6) is 0 Å². The molecular weight excluding hydrogens is 288 g/mol. The summed E-state index contributed by atoms with van der Waals surface area (Å²) in [6.07, 6.45) is 8.15. The van der Waals surface area contributed by atoms with Crippen LogP contribution < -0.4 is 0 Å². The van der Waals surface area contributed by atoms with Crippen LogP contribution in [-0.2, 0) is 19.1 Å². The zero-order valence-corrected chi connectivity index (χ0v) is 13.2. The average molecular weight is 316 g/mol. The van der Waals surface area contributed by atoms with E-state index >= 15 is 0 Å². The lowest BCUT2D eigenvalue weighted by Gasteiger charge is -2.26. The first-order valence-corrected chi connectivity index (χ1v) is 8.33. The fourth-order valence-electron chi connectivity index (χ4n) is 2.46. The van der Waals surface area contributed by atoms with E-state index in [1.165, 1.54) is 0 Å². The van der Waals surface area contributed by atoms with Crippen LogP contribution in [-0.4, -0.2) is 34.7 Å². The van der Waals surface area contributed by atoms with Crippen LogP contribution in [0.2, 0.25) is 0 Å². The molecule has 1 heterocycles. The summed E-state index contributed by atoms with van der Waals surface area (Å²) in [5.74, 6) is -3.16. The highest BCUT2D eigenvalue weighted by Gasteiger charge is 2.36. The van der Waals surface area contributed by atoms with Crippen LogP contribution >= 0.6 is 0 Å². The summed E-state index contributed by atoms with van der Waals surface area (Å²) >= 11 is 0. The monoisotopic (exact) mass is 316 g/mol. The Labute approximate surface area is 131 Å². The van der Waals surface area contributed by atoms with Crippen molar-refractivity contribution in [2.75, 3.05) is 6.61 Å². The van der Waals surface area contributed by atoms with Gasteiger partial charge >= 0.3 is 17.9 Å². The van der Waals surface area contributed by atoms with E-state index in [2.05, 4.69) is 0 Å². The highest BCUT2D eigenvalue weighted by Crippen LogP contribution is 2.23. The summed E-state index contributed by atoms with van der Waals surface area (Å²) in [6, 6.07) is 0. The summed E-state index contributed by atoms with van der Waals surface area (Å²) < 4.78 is 9.87. The number of aliphatic hydroxyl groups is 2. The number of carbonyl (C=O) groups is 2. The van der Waals surface area contributed by atoms with Gasteiger partial charge in [0.2, 0.25) is 0 Å². The molecule has 0 spiro atoms. The molecule has 128 valence electrons. The van der Waals surface area contributed by atoms with E-state index in [1.807, 2.05) is 0 Å². The number of aliphatic hydroxyl groups excluding tert-OH is 1. The second kappa shape index (κ2) is 10.6. The molecule has 0 saturated carbocycles. The average Bonchev–Trinajstić information content (AvgIpc) is 2.51. The predicted octanol–water partition coefficient (Wildman–Crippen LogP) is 2.41. The summed E-state index contributed by atoms with van der Waals surface area (Å²) in [7, 11) is 0. The van der Waals surface area contributed by atoms with Crippen molar-refractivity contribution in [1.29, 1.82) is 0 Å². The van der Waals surface area contributed by atoms with E-state index < -0.39 is 17.9 Å². The molecule has 0 amide bonds. The van der Waals surface area contributed by atoms with Crippen molar-refractivity contribution in [2.45, 2.75) is 83.0 Å². The Morgan fingerprint density at radius 1 is 0.818 bits per heavy atom. The Balaban J connectivity index is 2.27. The van der Waals surface area contributed by atoms with Gasteiger partial charge in [-0.15, -0.1) is 0 Å². The highest BCUT2D eigenvalue weighted by molar-refractivity contribution is 5.72. The smallest absolute Gasteiger partial charge is 0.373 e. The van der Waals surface area contributed by atoms with Crippen LogP contribution in [0.1, 0.15) is 77.0 Å². The molecular formula is C16H28O6. The van der Waals surface area contributed by atoms with Crippen LogP contribution in [0, 0.1) is 0 Å². The lowest BCUT2D eigenvalue weighted by atomic mass is 10.1. The van der Waals surface area contributed by atoms with E-state index in [4.69, 9.17) is 14.6 Å². The number of carbonyl (C=O) groups excluding carboxylic acids is 2. The minimum absolute atomic E-state index is 0.112. The van der Waals surface area contributed by atoms with Crippen LogP contribution in [0.15, 0.2) is 0 Å². The molecule has 6 nitrogen and oxygen atoms in total. The SMILES string of the molecule is O=C1CCCCC(=O)OC(O)(CCCCCCCCCO)O1. The summed E-state index contributed by atoms with van der Waals surface area (Å²) in [5.41, 5.74) is 0. The Morgan fingerprint density at radius 3 is 1.77 bits per heavy atom. The fraction of sp³-hybridized carbons (Fsp3) is 0.875. The van der Waals surface area contributed by atoms with Gasteiger partial charge in [0.25, 0.3) is 0 Å². The number of hydrogen-bond acceptors (Lipinski definition) is 6. The van der Waals surface area contributed by atoms with E-state index in [0.29, 0.717) is 19.3 Å². The molecule has 6 heteroatoms. The third-order valence-corrected chi connectivity index (χ3v) is 3.71. The molecule has 1 aliphatic heterocycles. The van der Waals surface area contributed by atoms with Crippen LogP contribution in [0.4, 0.5) is 0 Å². The zero-order chi connectivity index (χ0) is 16.3. The summed E-state index contributed by atoms with van der Waals surface area (Å²) in [4.78, 5) is 23.1. The molecule has 0 aromatic carbocycles. The lowest BCUT2D eigenvalue weighted by molar-refractivity contribution is -0.327. The van der Waals surface area contributed by atoms with Gasteiger partial charge in [0.1, 0.15) is 0 Å². The number of ether oxygens (including phenoxy) is 2. The molecule has 1 rings (SSSR count). The van der Waals surface area contributed by atoms with E-state index in [9.17, 15) is 14.7 Å². The van der Waals surface area contributed by atoms with Gasteiger partial charge in [0.05, 0.1) is 6.42 Å². The second-order valence-electron chi connectivity index (χ2n) is 5.82. The predicted molar refractivity (Wildman–Crippen MR) is 79.6 cm³/mol. The van der Waals surface area contributed by atoms with Crippen molar-refractivity contribution < 1.29 is 29.3 Å². The summed E-state index contributed by atoms with van der Waals surface area (Å²) in [5, 5.41) is 18.9. The van der Waals surface area contributed by atoms with Gasteiger partial charge in [-0.1, -0.05) is 32.1 Å². The molecule has 0 atom stereocenters. The third kappa shape index (κ3) is 8.34. The fourth-order valence-corrected chi connectivity index (χ4v) is 2.46. The molecule has 0 radical (unpaired) electrons. The van der Waals surface area contributed by atoms with E-state index in [0.717, 1.165) is 38.5 Å². The first-order valence-electron chi connectivity index (χ1n) is 8.33. The van der Waals surface area contributed by atoms with Crippen molar-refractivity contribution in [3.8, 4) is 0 Å². The van der Waals surface area contributed by atoms with Crippen molar-refractivity contribution >= 4 is 11.9 Å². The maximum Gasteiger partial charge on any atom is 0.373 e. The van der Waals surface area contributed by atoms with Gasteiger partial charge in [-0.2, -0.15) is 0 Å². The zero-order valence-electron chi connectivity index (χ0n) is 13.2. The third-order valence-electron chi connectivity index (χ3n) is 3.71. The molecule has 0 bridgehead atoms. The van der Waals surface area contributed by atoms with Crippen LogP contribution in [0.3, 0.4) is 0 Å². The van der Waals surface area contributed by atoms with Gasteiger partial charge in [0, 0.05) is 19.4 Å². The maximum absolute atomic E-state index is 11.6. The highest BCUT2D eigenvalue weighted by atomic mass is 16.8. The Kier molecular flexibility index (Phi) is 9.08. The first-order chi connectivity index (χ1) is 10.6. The Morgan fingerprint density at radius 2 is 1.27 bits per heavy atom. The Bertz CT molecular complexity index is 322. The molecule has 1 fully saturated rings. The topological polar surface area (TPSA) is 93.1 Å². The lowest BCUT2D eigenvalue weighted by Crippen LogP contribution is -2.39. The minimum atomic E-state index is -2.10. The van der Waals surface area contributed by atoms with Crippen molar-refractivity contribution in [3.63, 3.8) is 0 Å². The number of unbranched alkanes of at least 4 members (excludes halogenated alkanes) is 6. The first kappa shape index (κ1) is 18.9. The normalized spacial score (nSPS) is 18.8. The van der Waals surface area contributed by atoms with Crippen LogP contribution in [0.25, 0.3) is 0 Å². The van der Waals surface area contributed by atoms with Gasteiger partial charge in [-0.05, 0) is 25.7 Å². The molecule has 0 aromatic rings. The summed E-state index contributed by atoms with van der Waals surface area (Å²) in [6.45, 7) is 0.240. The maximum atomic E-state index is 11.6. The van der Waals surface area contributed by atoms with E-state index in [1.54, 1.807) is 0 Å². The standard InChI is InChI=1S/C16H28O6/c17-13-9-5-3-1-2-4-8-12-16(20)21-14(18)10-6-7-11-15(19)22-16/h17,20H,1-13H2. The molecule has 2 N–H and O–H groups in total. The van der Waals surface area contributed by atoms with Gasteiger partial charge < -0.3 is 19.7 Å². The number of rotatable bonds is 9. The van der Waals surface area contributed by atoms with Crippen molar-refractivity contribution in [2.24, 2.45) is 0 Å². The second-order valence-corrected chi connectivity index (χ2v) is 5.82. The van der Waals surface area contributed by atoms with E-state index in [-0.39, 0.29) is 25.9 Å². The minimum Gasteiger partial charge on any atom is -0.398 e. The molecule has 22 heavy (non-hydrogen) atoms. The molecule has 0 aliphatic carbocycles. The Hall–Kier alpha value is -1.14. The quantitative estimate of drug-likeness (QED) is 0.501. The molecule has 1 aliphatic rings. The molecule has 0 unspecified atom stereocenters. The van der Waals surface area contributed by atoms with Gasteiger partial charge in [-0.25, -0.2) is 0 Å². The number of cyclic esters (lactones) is 2. The molecule has 0 aromatic heterocycles. The molecule has 1 saturated heterocycles. The van der Waals surface area contributed by atoms with Gasteiger partial charge in [-0.3, -0.25) is 9.59 Å². The number of esters is 2. The van der Waals surface area contributed by atoms with Crippen molar-refractivity contribution in [3.05, 3.63) is 0 Å². The van der Waals surface area contributed by atoms with Gasteiger partial charge in [0.15, 0.2) is 0 Å². The number of hydrogen-bond donors (Lipinski definition) is 2. The van der Waals surface area contributed by atoms with Crippen molar-refractivity contribution in [1.82, 2.24) is 0 Å².